The fourth-order valence-corrected chi connectivity index (χ4v) is 5.78. The summed E-state index contributed by atoms with van der Waals surface area (Å²) in [5.74, 6) is 0.411. The molecule has 0 unspecified atom stereocenters. The van der Waals surface area contributed by atoms with E-state index in [4.69, 9.17) is 0 Å². The topological polar surface area (TPSA) is 20.2 Å². The maximum absolute atomic E-state index is 10.7. The molecule has 202 valence electrons. The second kappa shape index (κ2) is 17.7. The van der Waals surface area contributed by atoms with Crippen molar-refractivity contribution in [2.45, 2.75) is 149 Å². The van der Waals surface area contributed by atoms with Gasteiger partial charge in [0.05, 0.1) is 0 Å². The first-order chi connectivity index (χ1) is 17.5. The van der Waals surface area contributed by atoms with E-state index in [0.717, 1.165) is 12.0 Å². The molecule has 2 rings (SSSR count). The van der Waals surface area contributed by atoms with Gasteiger partial charge < -0.3 is 5.11 Å². The monoisotopic (exact) mass is 492 g/mol. The third-order valence-electron chi connectivity index (χ3n) is 8.10. The van der Waals surface area contributed by atoms with E-state index in [1.165, 1.54) is 115 Å². The van der Waals surface area contributed by atoms with E-state index in [1.54, 1.807) is 11.1 Å². The van der Waals surface area contributed by atoms with E-state index in [1.807, 2.05) is 12.1 Å². The predicted octanol–water partition coefficient (Wildman–Crippen LogP) is 11.1. The van der Waals surface area contributed by atoms with E-state index < -0.39 is 0 Å². The molecule has 0 fully saturated rings. The molecule has 0 aromatic heterocycles. The molecule has 0 aliphatic carbocycles. The van der Waals surface area contributed by atoms with E-state index in [2.05, 4.69) is 58.0 Å². The van der Waals surface area contributed by atoms with Gasteiger partial charge in [-0.05, 0) is 48.4 Å². The van der Waals surface area contributed by atoms with Crippen LogP contribution < -0.4 is 0 Å². The van der Waals surface area contributed by atoms with Crippen LogP contribution >= 0.6 is 0 Å². The summed E-state index contributed by atoms with van der Waals surface area (Å²) in [5.41, 5.74) is 5.33. The van der Waals surface area contributed by atoms with Gasteiger partial charge in [0.15, 0.2) is 0 Å². The Hall–Kier alpha value is -1.76. The molecule has 0 saturated carbocycles. The van der Waals surface area contributed by atoms with E-state index >= 15 is 0 Å². The van der Waals surface area contributed by atoms with Crippen LogP contribution in [0.25, 0.3) is 0 Å². The van der Waals surface area contributed by atoms with Gasteiger partial charge >= 0.3 is 0 Å². The molecular formula is C35H56O. The highest BCUT2D eigenvalue weighted by atomic mass is 16.3. The SMILES string of the molecule is CCCCCCCCCCc1cccc(C(C)(C)c2ccccc2O)c1CCCCCCCCCC. The largest absolute Gasteiger partial charge is 0.508 e. The second-order valence-corrected chi connectivity index (χ2v) is 11.5. The van der Waals surface area contributed by atoms with Gasteiger partial charge in [-0.3, -0.25) is 0 Å². The Balaban J connectivity index is 2.06. The second-order valence-electron chi connectivity index (χ2n) is 11.5. The molecule has 0 aliphatic rings. The summed E-state index contributed by atoms with van der Waals surface area (Å²) in [4.78, 5) is 0. The van der Waals surface area contributed by atoms with Crippen LogP contribution in [0.4, 0.5) is 0 Å². The van der Waals surface area contributed by atoms with Crippen LogP contribution in [0.2, 0.25) is 0 Å². The van der Waals surface area contributed by atoms with E-state index in [0.29, 0.717) is 5.75 Å². The molecule has 0 bridgehead atoms. The van der Waals surface area contributed by atoms with Gasteiger partial charge in [-0.1, -0.05) is 154 Å². The number of aromatic hydroxyl groups is 1. The van der Waals surface area contributed by atoms with Crippen molar-refractivity contribution in [1.82, 2.24) is 0 Å². The summed E-state index contributed by atoms with van der Waals surface area (Å²) < 4.78 is 0. The molecule has 0 spiro atoms. The summed E-state index contributed by atoms with van der Waals surface area (Å²) in [6.07, 6.45) is 24.1. The van der Waals surface area contributed by atoms with Gasteiger partial charge in [0.25, 0.3) is 0 Å². The zero-order valence-electron chi connectivity index (χ0n) is 24.2. The van der Waals surface area contributed by atoms with Crippen molar-refractivity contribution in [1.29, 1.82) is 0 Å². The maximum Gasteiger partial charge on any atom is 0.119 e. The van der Waals surface area contributed by atoms with Crippen molar-refractivity contribution in [2.24, 2.45) is 0 Å². The molecule has 36 heavy (non-hydrogen) atoms. The molecule has 0 saturated heterocycles. The molecule has 0 amide bonds. The number of phenolic OH excluding ortho intramolecular Hbond substituents is 1. The average Bonchev–Trinajstić information content (AvgIpc) is 2.87. The van der Waals surface area contributed by atoms with Crippen molar-refractivity contribution < 1.29 is 5.11 Å². The minimum absolute atomic E-state index is 0.212. The van der Waals surface area contributed by atoms with Crippen LogP contribution in [0.3, 0.4) is 0 Å². The number of hydrogen-bond donors (Lipinski definition) is 1. The standard InChI is InChI=1S/C35H56O/c1-5-7-9-11-13-15-17-19-24-30-25-23-28-32(35(3,4)33-27-21-22-29-34(33)36)31(30)26-20-18-16-14-12-10-8-6-2/h21-23,25,27-29,36H,5-20,24,26H2,1-4H3. The molecule has 1 heteroatoms. The van der Waals surface area contributed by atoms with Crippen molar-refractivity contribution >= 4 is 0 Å². The average molecular weight is 493 g/mol. The number of unbranched alkanes of at least 4 members (excludes halogenated alkanes) is 14. The van der Waals surface area contributed by atoms with E-state index in [9.17, 15) is 5.11 Å². The Bertz CT molecular complexity index is 834. The minimum Gasteiger partial charge on any atom is -0.508 e. The number of phenols is 1. The molecule has 1 N–H and O–H groups in total. The highest BCUT2D eigenvalue weighted by Crippen LogP contribution is 2.39. The van der Waals surface area contributed by atoms with Crippen LogP contribution in [-0.4, -0.2) is 5.11 Å². The lowest BCUT2D eigenvalue weighted by molar-refractivity contribution is 0.452. The molecule has 2 aromatic rings. The van der Waals surface area contributed by atoms with Gasteiger partial charge in [-0.25, -0.2) is 0 Å². The summed E-state index contributed by atoms with van der Waals surface area (Å²) >= 11 is 0. The minimum atomic E-state index is -0.212. The first-order valence-electron chi connectivity index (χ1n) is 15.4. The Morgan fingerprint density at radius 2 is 1.00 bits per heavy atom. The highest BCUT2D eigenvalue weighted by molar-refractivity contribution is 5.50. The summed E-state index contributed by atoms with van der Waals surface area (Å²) in [6.45, 7) is 9.16. The van der Waals surface area contributed by atoms with Crippen LogP contribution in [0.1, 0.15) is 153 Å². The predicted molar refractivity (Wildman–Crippen MR) is 159 cm³/mol. The molecular weight excluding hydrogens is 436 g/mol. The zero-order chi connectivity index (χ0) is 26.1. The van der Waals surface area contributed by atoms with Crippen molar-refractivity contribution in [3.05, 3.63) is 64.7 Å². The first kappa shape index (κ1) is 30.5. The van der Waals surface area contributed by atoms with Crippen LogP contribution in [0, 0.1) is 0 Å². The number of rotatable bonds is 20. The third kappa shape index (κ3) is 10.3. The number of aryl methyl sites for hydroxylation is 1. The lowest BCUT2D eigenvalue weighted by Crippen LogP contribution is -2.22. The Morgan fingerprint density at radius 1 is 0.528 bits per heavy atom. The number of hydrogen-bond acceptors (Lipinski definition) is 1. The molecule has 0 atom stereocenters. The van der Waals surface area contributed by atoms with Crippen molar-refractivity contribution in [3.8, 4) is 5.75 Å². The van der Waals surface area contributed by atoms with Crippen LogP contribution in [0.15, 0.2) is 42.5 Å². The van der Waals surface area contributed by atoms with Crippen molar-refractivity contribution in [3.63, 3.8) is 0 Å². The molecule has 1 nitrogen and oxygen atoms in total. The normalized spacial score (nSPS) is 11.8. The first-order valence-corrected chi connectivity index (χ1v) is 15.4. The molecule has 2 aromatic carbocycles. The van der Waals surface area contributed by atoms with Gasteiger partial charge in [-0.15, -0.1) is 0 Å². The van der Waals surface area contributed by atoms with E-state index in [-0.39, 0.29) is 5.41 Å². The Kier molecular flexibility index (Phi) is 14.9. The molecule has 0 heterocycles. The lowest BCUT2D eigenvalue weighted by Gasteiger charge is -2.30. The quantitative estimate of drug-likeness (QED) is 0.182. The highest BCUT2D eigenvalue weighted by Gasteiger charge is 2.29. The summed E-state index contributed by atoms with van der Waals surface area (Å²) in [5, 5.41) is 10.7. The number of para-hydroxylation sites is 1. The fourth-order valence-electron chi connectivity index (χ4n) is 5.78. The maximum atomic E-state index is 10.7. The fraction of sp³-hybridized carbons (Fsp3) is 0.657. The van der Waals surface area contributed by atoms with Gasteiger partial charge in [0.1, 0.15) is 5.75 Å². The summed E-state index contributed by atoms with van der Waals surface area (Å²) in [7, 11) is 0. The Labute approximate surface area is 224 Å². The number of benzene rings is 2. The van der Waals surface area contributed by atoms with Gasteiger partial charge in [-0.2, -0.15) is 0 Å². The Morgan fingerprint density at radius 3 is 1.56 bits per heavy atom. The lowest BCUT2D eigenvalue weighted by atomic mass is 9.73. The van der Waals surface area contributed by atoms with Gasteiger partial charge in [0, 0.05) is 11.0 Å². The van der Waals surface area contributed by atoms with Crippen LogP contribution in [-0.2, 0) is 18.3 Å². The smallest absolute Gasteiger partial charge is 0.119 e. The summed E-state index contributed by atoms with van der Waals surface area (Å²) in [6, 6.07) is 14.9. The van der Waals surface area contributed by atoms with Crippen molar-refractivity contribution in [2.75, 3.05) is 0 Å². The molecule has 0 radical (unpaired) electrons. The van der Waals surface area contributed by atoms with Crippen LogP contribution in [0.5, 0.6) is 5.75 Å². The van der Waals surface area contributed by atoms with Gasteiger partial charge in [0.2, 0.25) is 0 Å². The third-order valence-corrected chi connectivity index (χ3v) is 8.10. The molecule has 0 aliphatic heterocycles. The zero-order valence-corrected chi connectivity index (χ0v) is 24.2.